The van der Waals surface area contributed by atoms with E-state index >= 15 is 0 Å². The number of ether oxygens (including phenoxy) is 1. The summed E-state index contributed by atoms with van der Waals surface area (Å²) in [4.78, 5) is 29.1. The molecule has 152 valence electrons. The maximum absolute atomic E-state index is 13.3. The molecule has 0 saturated carbocycles. The van der Waals surface area contributed by atoms with Crippen LogP contribution in [-0.2, 0) is 22.4 Å². The quantitative estimate of drug-likeness (QED) is 0.758. The lowest BCUT2D eigenvalue weighted by Gasteiger charge is -2.36. The highest BCUT2D eigenvalue weighted by molar-refractivity contribution is 5.88. The molecular formula is C24H28N2O3. The molecule has 0 N–H and O–H groups in total. The SMILES string of the molecule is CC(C)(C)OC(=O)N1C=CN(CCc2ccccc2)C(=O)[C@@H]1Cc1ccccc1. The fourth-order valence-corrected chi connectivity index (χ4v) is 3.24. The topological polar surface area (TPSA) is 49.9 Å². The smallest absolute Gasteiger partial charge is 0.415 e. The second-order valence-corrected chi connectivity index (χ2v) is 8.16. The van der Waals surface area contributed by atoms with Crippen molar-refractivity contribution in [1.29, 1.82) is 0 Å². The van der Waals surface area contributed by atoms with Crippen LogP contribution in [0.25, 0.3) is 0 Å². The Morgan fingerprint density at radius 2 is 1.52 bits per heavy atom. The molecule has 0 spiro atoms. The summed E-state index contributed by atoms with van der Waals surface area (Å²) in [6.45, 7) is 6.02. The number of rotatable bonds is 5. The lowest BCUT2D eigenvalue weighted by molar-refractivity contribution is -0.134. The molecule has 1 heterocycles. The van der Waals surface area contributed by atoms with Crippen molar-refractivity contribution in [1.82, 2.24) is 9.80 Å². The summed E-state index contributed by atoms with van der Waals surface area (Å²) in [7, 11) is 0. The standard InChI is InChI=1S/C24H28N2O3/c1-24(2,3)29-23(28)26-17-16-25(15-14-19-10-6-4-7-11-19)22(27)21(26)18-20-12-8-5-9-13-20/h4-13,16-17,21H,14-15,18H2,1-3H3/t21-/m0/s1. The number of hydrogen-bond donors (Lipinski definition) is 0. The number of carbonyl (C=O) groups is 2. The molecule has 2 amide bonds. The van der Waals surface area contributed by atoms with Gasteiger partial charge >= 0.3 is 6.09 Å². The van der Waals surface area contributed by atoms with E-state index in [2.05, 4.69) is 0 Å². The van der Waals surface area contributed by atoms with Crippen LogP contribution in [0.5, 0.6) is 0 Å². The van der Waals surface area contributed by atoms with E-state index in [9.17, 15) is 9.59 Å². The Labute approximate surface area is 172 Å². The molecule has 5 nitrogen and oxygen atoms in total. The van der Waals surface area contributed by atoms with Crippen LogP contribution in [0.15, 0.2) is 73.1 Å². The Bertz CT molecular complexity index is 857. The molecule has 0 fully saturated rings. The normalized spacial score (nSPS) is 16.8. The van der Waals surface area contributed by atoms with Gasteiger partial charge in [-0.05, 0) is 38.3 Å². The average molecular weight is 392 g/mol. The van der Waals surface area contributed by atoms with Gasteiger partial charge in [0.25, 0.3) is 0 Å². The van der Waals surface area contributed by atoms with Crippen molar-refractivity contribution in [3.05, 3.63) is 84.2 Å². The Hall–Kier alpha value is -3.08. The van der Waals surface area contributed by atoms with Gasteiger partial charge < -0.3 is 9.64 Å². The molecule has 0 aliphatic carbocycles. The summed E-state index contributed by atoms with van der Waals surface area (Å²) in [5, 5.41) is 0. The monoisotopic (exact) mass is 392 g/mol. The van der Waals surface area contributed by atoms with Gasteiger partial charge in [0.15, 0.2) is 0 Å². The van der Waals surface area contributed by atoms with Crippen molar-refractivity contribution >= 4 is 12.0 Å². The van der Waals surface area contributed by atoms with Gasteiger partial charge in [-0.3, -0.25) is 9.69 Å². The first-order valence-corrected chi connectivity index (χ1v) is 9.91. The van der Waals surface area contributed by atoms with Crippen molar-refractivity contribution in [2.75, 3.05) is 6.54 Å². The van der Waals surface area contributed by atoms with Crippen LogP contribution < -0.4 is 0 Å². The van der Waals surface area contributed by atoms with Crippen LogP contribution in [0.4, 0.5) is 4.79 Å². The fraction of sp³-hybridized carbons (Fsp3) is 0.333. The van der Waals surface area contributed by atoms with Crippen LogP contribution >= 0.6 is 0 Å². The molecular weight excluding hydrogens is 364 g/mol. The Balaban J connectivity index is 1.79. The Morgan fingerprint density at radius 3 is 2.10 bits per heavy atom. The number of benzene rings is 2. The first-order valence-electron chi connectivity index (χ1n) is 9.91. The summed E-state index contributed by atoms with van der Waals surface area (Å²) in [6, 6.07) is 19.2. The molecule has 1 atom stereocenters. The van der Waals surface area contributed by atoms with E-state index in [0.717, 1.165) is 12.0 Å². The molecule has 2 aromatic rings. The predicted octanol–water partition coefficient (Wildman–Crippen LogP) is 4.39. The van der Waals surface area contributed by atoms with Gasteiger partial charge in [-0.15, -0.1) is 0 Å². The summed E-state index contributed by atoms with van der Waals surface area (Å²) in [5.41, 5.74) is 1.54. The van der Waals surface area contributed by atoms with Gasteiger partial charge in [-0.25, -0.2) is 4.79 Å². The van der Waals surface area contributed by atoms with Gasteiger partial charge in [0.05, 0.1) is 0 Å². The minimum atomic E-state index is -0.631. The largest absolute Gasteiger partial charge is 0.443 e. The Morgan fingerprint density at radius 1 is 0.931 bits per heavy atom. The molecule has 5 heteroatoms. The zero-order valence-corrected chi connectivity index (χ0v) is 17.2. The van der Waals surface area contributed by atoms with Crippen molar-refractivity contribution in [3.63, 3.8) is 0 Å². The lowest BCUT2D eigenvalue weighted by atomic mass is 10.0. The third-order valence-electron chi connectivity index (χ3n) is 4.67. The average Bonchev–Trinajstić information content (AvgIpc) is 2.69. The van der Waals surface area contributed by atoms with Gasteiger partial charge in [-0.1, -0.05) is 60.7 Å². The molecule has 2 aromatic carbocycles. The zero-order valence-electron chi connectivity index (χ0n) is 17.2. The lowest BCUT2D eigenvalue weighted by Crippen LogP contribution is -2.53. The molecule has 1 aliphatic rings. The highest BCUT2D eigenvalue weighted by Gasteiger charge is 2.36. The number of hydrogen-bond acceptors (Lipinski definition) is 3. The minimum Gasteiger partial charge on any atom is -0.443 e. The van der Waals surface area contributed by atoms with Crippen molar-refractivity contribution in [2.24, 2.45) is 0 Å². The number of nitrogens with zero attached hydrogens (tertiary/aromatic N) is 2. The van der Waals surface area contributed by atoms with Crippen LogP contribution in [0.1, 0.15) is 31.9 Å². The van der Waals surface area contributed by atoms with E-state index in [1.807, 2.05) is 81.4 Å². The van der Waals surface area contributed by atoms with Gasteiger partial charge in [0.2, 0.25) is 5.91 Å². The van der Waals surface area contributed by atoms with Crippen LogP contribution in [-0.4, -0.2) is 40.0 Å². The number of amides is 2. The van der Waals surface area contributed by atoms with E-state index in [4.69, 9.17) is 4.74 Å². The third-order valence-corrected chi connectivity index (χ3v) is 4.67. The van der Waals surface area contributed by atoms with Crippen molar-refractivity contribution in [2.45, 2.75) is 45.3 Å². The van der Waals surface area contributed by atoms with E-state index in [1.165, 1.54) is 10.5 Å². The molecule has 0 bridgehead atoms. The highest BCUT2D eigenvalue weighted by Crippen LogP contribution is 2.21. The maximum atomic E-state index is 13.3. The molecule has 0 saturated heterocycles. The third kappa shape index (κ3) is 5.70. The van der Waals surface area contributed by atoms with E-state index in [-0.39, 0.29) is 5.91 Å². The first kappa shape index (κ1) is 20.6. The minimum absolute atomic E-state index is 0.0989. The summed E-state index contributed by atoms with van der Waals surface area (Å²) < 4.78 is 5.52. The van der Waals surface area contributed by atoms with Crippen molar-refractivity contribution in [3.8, 4) is 0 Å². The second-order valence-electron chi connectivity index (χ2n) is 8.16. The van der Waals surface area contributed by atoms with Gasteiger partial charge in [0, 0.05) is 25.4 Å². The highest BCUT2D eigenvalue weighted by atomic mass is 16.6. The summed E-state index contributed by atoms with van der Waals surface area (Å²) >= 11 is 0. The van der Waals surface area contributed by atoms with Crippen LogP contribution in [0, 0.1) is 0 Å². The van der Waals surface area contributed by atoms with E-state index in [1.54, 1.807) is 17.3 Å². The molecule has 3 rings (SSSR count). The Kier molecular flexibility index (Phi) is 6.37. The van der Waals surface area contributed by atoms with Crippen molar-refractivity contribution < 1.29 is 14.3 Å². The van der Waals surface area contributed by atoms with E-state index < -0.39 is 17.7 Å². The molecule has 1 aliphatic heterocycles. The second kappa shape index (κ2) is 8.95. The molecule has 0 aromatic heterocycles. The van der Waals surface area contributed by atoms with Gasteiger partial charge in [0.1, 0.15) is 11.6 Å². The maximum Gasteiger partial charge on any atom is 0.415 e. The molecule has 0 radical (unpaired) electrons. The summed E-state index contributed by atoms with van der Waals surface area (Å²) in [5.74, 6) is -0.0989. The summed E-state index contributed by atoms with van der Waals surface area (Å²) in [6.07, 6.45) is 4.02. The van der Waals surface area contributed by atoms with Crippen LogP contribution in [0.3, 0.4) is 0 Å². The van der Waals surface area contributed by atoms with E-state index in [0.29, 0.717) is 13.0 Å². The van der Waals surface area contributed by atoms with Crippen LogP contribution in [0.2, 0.25) is 0 Å². The molecule has 29 heavy (non-hydrogen) atoms. The first-order chi connectivity index (χ1) is 13.8. The fourth-order valence-electron chi connectivity index (χ4n) is 3.24. The zero-order chi connectivity index (χ0) is 20.9. The number of carbonyl (C=O) groups excluding carboxylic acids is 2. The predicted molar refractivity (Wildman–Crippen MR) is 113 cm³/mol. The molecule has 0 unspecified atom stereocenters. The van der Waals surface area contributed by atoms with Gasteiger partial charge in [-0.2, -0.15) is 0 Å².